The summed E-state index contributed by atoms with van der Waals surface area (Å²) in [7, 11) is 0. The fourth-order valence-electron chi connectivity index (χ4n) is 2.89. The minimum Gasteiger partial charge on any atom is -0.382 e. The molecule has 0 saturated heterocycles. The first-order valence-electron chi connectivity index (χ1n) is 6.84. The Bertz CT molecular complexity index is 778. The van der Waals surface area contributed by atoms with Crippen molar-refractivity contribution in [2.75, 3.05) is 0 Å². The van der Waals surface area contributed by atoms with Crippen LogP contribution in [-0.2, 0) is 12.6 Å². The van der Waals surface area contributed by atoms with Crippen LogP contribution >= 0.6 is 15.9 Å². The number of fused-ring (bicyclic) bond motifs is 1. The van der Waals surface area contributed by atoms with E-state index in [1.54, 1.807) is 0 Å². The van der Waals surface area contributed by atoms with Crippen LogP contribution in [0.1, 0.15) is 29.3 Å². The number of hydrogen-bond donors (Lipinski definition) is 1. The van der Waals surface area contributed by atoms with Gasteiger partial charge in [0.05, 0.1) is 5.56 Å². The molecule has 0 spiro atoms. The second-order valence-corrected chi connectivity index (χ2v) is 6.48. The van der Waals surface area contributed by atoms with E-state index >= 15 is 0 Å². The molecule has 1 heterocycles. The maximum atomic E-state index is 13.7. The summed E-state index contributed by atoms with van der Waals surface area (Å²) in [5.74, 6) is -4.35. The number of halogens is 7. The molecule has 3 rings (SSSR count). The van der Waals surface area contributed by atoms with Crippen LogP contribution in [-0.4, -0.2) is 15.6 Å². The molecule has 0 fully saturated rings. The number of nitrogens with zero attached hydrogens (tertiary/aromatic N) is 1. The Balaban J connectivity index is 2.27. The molecule has 1 unspecified atom stereocenters. The maximum Gasteiger partial charge on any atom is 0.418 e. The lowest BCUT2D eigenvalue weighted by Gasteiger charge is -2.29. The van der Waals surface area contributed by atoms with Gasteiger partial charge in [0.25, 0.3) is 5.92 Å². The number of rotatable bonds is 1. The summed E-state index contributed by atoms with van der Waals surface area (Å²) >= 11 is 3.04. The fourth-order valence-corrected chi connectivity index (χ4v) is 3.34. The molecule has 0 saturated carbocycles. The third-order valence-electron chi connectivity index (χ3n) is 3.95. The van der Waals surface area contributed by atoms with Crippen LogP contribution in [0.25, 0.3) is 5.69 Å². The number of benzene rings is 1. The van der Waals surface area contributed by atoms with Crippen molar-refractivity contribution in [2.24, 2.45) is 0 Å². The highest BCUT2D eigenvalue weighted by Crippen LogP contribution is 2.48. The summed E-state index contributed by atoms with van der Waals surface area (Å²) in [6, 6.07) is 3.47. The zero-order valence-corrected chi connectivity index (χ0v) is 13.4. The van der Waals surface area contributed by atoms with Crippen molar-refractivity contribution in [3.8, 4) is 5.69 Å². The van der Waals surface area contributed by atoms with Gasteiger partial charge in [0, 0.05) is 34.0 Å². The van der Waals surface area contributed by atoms with E-state index in [9.17, 15) is 31.4 Å². The molecule has 2 aromatic rings. The lowest BCUT2D eigenvalue weighted by molar-refractivity contribution is -0.147. The lowest BCUT2D eigenvalue weighted by atomic mass is 9.89. The molecule has 1 aromatic heterocycles. The van der Waals surface area contributed by atoms with E-state index in [2.05, 4.69) is 15.9 Å². The van der Waals surface area contributed by atoms with Gasteiger partial charge in [0.2, 0.25) is 0 Å². The van der Waals surface area contributed by atoms with Crippen LogP contribution in [0.4, 0.5) is 26.3 Å². The third kappa shape index (κ3) is 2.83. The number of alkyl halides is 5. The first-order valence-corrected chi connectivity index (χ1v) is 7.63. The SMILES string of the molecule is OC1c2c(C(F)(F)F)cn(-c3cc(F)cc(Br)c3)c2CCC1(F)F. The standard InChI is InChI=1S/C15H10BrF6NO/c16-7-3-8(17)5-9(4-7)23-6-10(15(20,21)22)12-11(23)1-2-14(18,19)13(12)24/h3-6,13,24H,1-2H2. The number of aliphatic hydroxyl groups excluding tert-OH is 1. The zero-order valence-electron chi connectivity index (χ0n) is 11.8. The van der Waals surface area contributed by atoms with E-state index < -0.39 is 41.6 Å². The van der Waals surface area contributed by atoms with Crippen LogP contribution in [0.5, 0.6) is 0 Å². The number of aliphatic hydroxyl groups is 1. The number of hydrogen-bond acceptors (Lipinski definition) is 1. The Morgan fingerprint density at radius 3 is 2.46 bits per heavy atom. The highest BCUT2D eigenvalue weighted by atomic mass is 79.9. The largest absolute Gasteiger partial charge is 0.418 e. The molecule has 2 nitrogen and oxygen atoms in total. The average Bonchev–Trinajstić information content (AvgIpc) is 2.82. The molecule has 1 aromatic carbocycles. The van der Waals surface area contributed by atoms with Gasteiger partial charge < -0.3 is 9.67 Å². The molecule has 9 heteroatoms. The molecule has 1 aliphatic carbocycles. The minimum absolute atomic E-state index is 0.0473. The smallest absolute Gasteiger partial charge is 0.382 e. The summed E-state index contributed by atoms with van der Waals surface area (Å²) in [6.07, 6.45) is -8.02. The molecule has 1 atom stereocenters. The van der Waals surface area contributed by atoms with Crippen molar-refractivity contribution in [3.63, 3.8) is 0 Å². The van der Waals surface area contributed by atoms with Gasteiger partial charge in [-0.15, -0.1) is 0 Å². The van der Waals surface area contributed by atoms with Gasteiger partial charge in [-0.2, -0.15) is 13.2 Å². The summed E-state index contributed by atoms with van der Waals surface area (Å²) in [4.78, 5) is 0. The van der Waals surface area contributed by atoms with E-state index in [1.165, 1.54) is 6.07 Å². The fraction of sp³-hybridized carbons (Fsp3) is 0.333. The highest BCUT2D eigenvalue weighted by molar-refractivity contribution is 9.10. The second-order valence-electron chi connectivity index (χ2n) is 5.56. The van der Waals surface area contributed by atoms with Gasteiger partial charge in [-0.05, 0) is 24.6 Å². The van der Waals surface area contributed by atoms with Crippen LogP contribution in [0.15, 0.2) is 28.9 Å². The van der Waals surface area contributed by atoms with Gasteiger partial charge in [-0.1, -0.05) is 15.9 Å². The predicted molar refractivity (Wildman–Crippen MR) is 76.7 cm³/mol. The maximum absolute atomic E-state index is 13.7. The summed E-state index contributed by atoms with van der Waals surface area (Å²) in [6.45, 7) is 0. The van der Waals surface area contributed by atoms with Gasteiger partial charge in [-0.25, -0.2) is 13.2 Å². The van der Waals surface area contributed by atoms with E-state index in [-0.39, 0.29) is 22.3 Å². The van der Waals surface area contributed by atoms with Crippen molar-refractivity contribution < 1.29 is 31.4 Å². The zero-order chi connectivity index (χ0) is 17.9. The van der Waals surface area contributed by atoms with E-state index in [0.29, 0.717) is 6.20 Å². The quantitative estimate of drug-likeness (QED) is 0.653. The van der Waals surface area contributed by atoms with Crippen molar-refractivity contribution in [3.05, 3.63) is 51.5 Å². The molecular formula is C15H10BrF6NO. The molecular weight excluding hydrogens is 404 g/mol. The molecule has 130 valence electrons. The molecule has 0 bridgehead atoms. The van der Waals surface area contributed by atoms with Crippen molar-refractivity contribution in [1.29, 1.82) is 0 Å². The molecule has 0 radical (unpaired) electrons. The lowest BCUT2D eigenvalue weighted by Crippen LogP contribution is -2.33. The monoisotopic (exact) mass is 413 g/mol. The summed E-state index contributed by atoms with van der Waals surface area (Å²) < 4.78 is 81.9. The minimum atomic E-state index is -4.92. The van der Waals surface area contributed by atoms with Gasteiger partial charge in [0.1, 0.15) is 11.9 Å². The first-order chi connectivity index (χ1) is 11.0. The highest BCUT2D eigenvalue weighted by Gasteiger charge is 2.50. The number of aromatic nitrogens is 1. The normalized spacial score (nSPS) is 20.1. The summed E-state index contributed by atoms with van der Waals surface area (Å²) in [5.41, 5.74) is -2.24. The Labute approximate surface area is 140 Å². The molecule has 1 aliphatic rings. The molecule has 0 amide bonds. The third-order valence-corrected chi connectivity index (χ3v) is 4.41. The van der Waals surface area contributed by atoms with Gasteiger partial charge in [-0.3, -0.25) is 0 Å². The van der Waals surface area contributed by atoms with Crippen molar-refractivity contribution >= 4 is 15.9 Å². The average molecular weight is 414 g/mol. The van der Waals surface area contributed by atoms with E-state index in [4.69, 9.17) is 0 Å². The Hall–Kier alpha value is -1.48. The van der Waals surface area contributed by atoms with Crippen molar-refractivity contribution in [2.45, 2.75) is 31.0 Å². The Morgan fingerprint density at radius 1 is 1.21 bits per heavy atom. The molecule has 1 N–H and O–H groups in total. The van der Waals surface area contributed by atoms with Gasteiger partial charge >= 0.3 is 6.18 Å². The second kappa shape index (κ2) is 5.52. The van der Waals surface area contributed by atoms with Crippen molar-refractivity contribution in [1.82, 2.24) is 4.57 Å². The summed E-state index contributed by atoms with van der Waals surface area (Å²) in [5, 5.41) is 9.76. The van der Waals surface area contributed by atoms with E-state index in [0.717, 1.165) is 16.7 Å². The van der Waals surface area contributed by atoms with Gasteiger partial charge in [0.15, 0.2) is 0 Å². The Morgan fingerprint density at radius 2 is 1.88 bits per heavy atom. The van der Waals surface area contributed by atoms with Crippen LogP contribution < -0.4 is 0 Å². The van der Waals surface area contributed by atoms with Crippen LogP contribution in [0, 0.1) is 5.82 Å². The Kier molecular flexibility index (Phi) is 3.99. The predicted octanol–water partition coefficient (Wildman–Crippen LogP) is 5.01. The first kappa shape index (κ1) is 17.3. The molecule has 0 aliphatic heterocycles. The topological polar surface area (TPSA) is 25.2 Å². The van der Waals surface area contributed by atoms with E-state index in [1.807, 2.05) is 0 Å². The molecule has 24 heavy (non-hydrogen) atoms. The van der Waals surface area contributed by atoms with Crippen LogP contribution in [0.2, 0.25) is 0 Å². The van der Waals surface area contributed by atoms with Crippen LogP contribution in [0.3, 0.4) is 0 Å².